The standard InChI is InChI=1S/C19H25F2N5O2/c1-19(2,3)28-18(27)22-9-12-10-25(4)5-6-26(12)17-13-7-14(20)15(21)8-16(13)23-11-24-17/h7-8,11-12H,5-6,9-10H2,1-4H3,(H,22,27)/t12-/m0/s1. The summed E-state index contributed by atoms with van der Waals surface area (Å²) in [6, 6.07) is 2.08. The quantitative estimate of drug-likeness (QED) is 0.864. The molecular formula is C19H25F2N5O2. The molecule has 0 unspecified atom stereocenters. The number of halogens is 2. The minimum absolute atomic E-state index is 0.113. The number of nitrogens with zero attached hydrogens (tertiary/aromatic N) is 4. The summed E-state index contributed by atoms with van der Waals surface area (Å²) in [4.78, 5) is 24.6. The maximum atomic E-state index is 13.8. The zero-order valence-corrected chi connectivity index (χ0v) is 16.5. The normalized spacial score (nSPS) is 18.4. The van der Waals surface area contributed by atoms with Crippen molar-refractivity contribution in [1.29, 1.82) is 0 Å². The molecular weight excluding hydrogens is 368 g/mol. The van der Waals surface area contributed by atoms with E-state index in [9.17, 15) is 13.6 Å². The summed E-state index contributed by atoms with van der Waals surface area (Å²) in [6.07, 6.45) is 0.840. The van der Waals surface area contributed by atoms with E-state index in [1.165, 1.54) is 6.33 Å². The number of likely N-dealkylation sites (N-methyl/N-ethyl adjacent to an activating group) is 1. The van der Waals surface area contributed by atoms with Crippen LogP contribution in [0.2, 0.25) is 0 Å². The SMILES string of the molecule is CN1CCN(c2ncnc3cc(F)c(F)cc23)[C@@H](CNC(=O)OC(C)(C)C)C1. The number of benzene rings is 1. The van der Waals surface area contributed by atoms with Crippen molar-refractivity contribution in [2.24, 2.45) is 0 Å². The minimum atomic E-state index is -0.946. The van der Waals surface area contributed by atoms with Crippen LogP contribution in [-0.4, -0.2) is 65.8 Å². The first-order valence-electron chi connectivity index (χ1n) is 9.16. The third kappa shape index (κ3) is 4.64. The Morgan fingerprint density at radius 2 is 1.96 bits per heavy atom. The number of aromatic nitrogens is 2. The average Bonchev–Trinajstić information content (AvgIpc) is 2.59. The Labute approximate surface area is 162 Å². The molecule has 0 aliphatic carbocycles. The van der Waals surface area contributed by atoms with E-state index in [4.69, 9.17) is 4.74 Å². The Morgan fingerprint density at radius 3 is 2.68 bits per heavy atom. The number of alkyl carbamates (subject to hydrolysis) is 1. The molecule has 1 aliphatic rings. The Balaban J connectivity index is 1.85. The Morgan fingerprint density at radius 1 is 1.25 bits per heavy atom. The molecule has 3 rings (SSSR count). The molecule has 1 aromatic heterocycles. The van der Waals surface area contributed by atoms with Crippen molar-refractivity contribution in [2.45, 2.75) is 32.4 Å². The summed E-state index contributed by atoms with van der Waals surface area (Å²) in [5, 5.41) is 3.23. The number of nitrogens with one attached hydrogen (secondary N) is 1. The Bertz CT molecular complexity index is 871. The van der Waals surface area contributed by atoms with Crippen LogP contribution < -0.4 is 10.2 Å². The van der Waals surface area contributed by atoms with E-state index in [1.54, 1.807) is 20.8 Å². The van der Waals surface area contributed by atoms with Crippen LogP contribution >= 0.6 is 0 Å². The van der Waals surface area contributed by atoms with Crippen molar-refractivity contribution in [3.63, 3.8) is 0 Å². The third-order valence-corrected chi connectivity index (χ3v) is 4.50. The lowest BCUT2D eigenvalue weighted by molar-refractivity contribution is 0.0520. The van der Waals surface area contributed by atoms with Gasteiger partial charge in [0.1, 0.15) is 17.7 Å². The van der Waals surface area contributed by atoms with Gasteiger partial charge in [0.15, 0.2) is 11.6 Å². The smallest absolute Gasteiger partial charge is 0.407 e. The molecule has 1 amide bonds. The van der Waals surface area contributed by atoms with Crippen molar-refractivity contribution in [3.8, 4) is 0 Å². The van der Waals surface area contributed by atoms with Crippen LogP contribution in [0.1, 0.15) is 20.8 Å². The van der Waals surface area contributed by atoms with Crippen LogP contribution in [0.15, 0.2) is 18.5 Å². The predicted octanol–water partition coefficient (Wildman–Crippen LogP) is 2.55. The minimum Gasteiger partial charge on any atom is -0.444 e. The van der Waals surface area contributed by atoms with Crippen molar-refractivity contribution in [3.05, 3.63) is 30.1 Å². The lowest BCUT2D eigenvalue weighted by Gasteiger charge is -2.41. The number of amides is 1. The van der Waals surface area contributed by atoms with Crippen LogP contribution in [0.3, 0.4) is 0 Å². The monoisotopic (exact) mass is 393 g/mol. The molecule has 0 bridgehead atoms. The van der Waals surface area contributed by atoms with Gasteiger partial charge in [-0.2, -0.15) is 0 Å². The summed E-state index contributed by atoms with van der Waals surface area (Å²) >= 11 is 0. The molecule has 1 aliphatic heterocycles. The molecule has 2 heterocycles. The molecule has 0 spiro atoms. The Kier molecular flexibility index (Phi) is 5.64. The van der Waals surface area contributed by atoms with Gasteiger partial charge in [-0.3, -0.25) is 0 Å². The van der Waals surface area contributed by atoms with Crippen LogP contribution in [0.25, 0.3) is 10.9 Å². The number of hydrogen-bond acceptors (Lipinski definition) is 6. The number of rotatable bonds is 3. The number of hydrogen-bond donors (Lipinski definition) is 1. The summed E-state index contributed by atoms with van der Waals surface area (Å²) < 4.78 is 32.7. The molecule has 1 N–H and O–H groups in total. The molecule has 2 aromatic rings. The second kappa shape index (κ2) is 7.83. The van der Waals surface area contributed by atoms with Gasteiger partial charge >= 0.3 is 6.09 Å². The first-order chi connectivity index (χ1) is 13.1. The average molecular weight is 393 g/mol. The van der Waals surface area contributed by atoms with Gasteiger partial charge in [0.05, 0.1) is 11.6 Å². The van der Waals surface area contributed by atoms with Crippen LogP contribution in [0.5, 0.6) is 0 Å². The number of piperazine rings is 1. The fourth-order valence-electron chi connectivity index (χ4n) is 3.25. The van der Waals surface area contributed by atoms with Crippen LogP contribution in [0.4, 0.5) is 19.4 Å². The highest BCUT2D eigenvalue weighted by atomic mass is 19.2. The van der Waals surface area contributed by atoms with E-state index in [2.05, 4.69) is 20.2 Å². The predicted molar refractivity (Wildman–Crippen MR) is 102 cm³/mol. The van der Waals surface area contributed by atoms with E-state index in [0.717, 1.165) is 18.7 Å². The fraction of sp³-hybridized carbons (Fsp3) is 0.526. The maximum absolute atomic E-state index is 13.8. The van der Waals surface area contributed by atoms with Crippen molar-refractivity contribution < 1.29 is 18.3 Å². The topological polar surface area (TPSA) is 70.6 Å². The summed E-state index contributed by atoms with van der Waals surface area (Å²) in [5.41, 5.74) is -0.251. The van der Waals surface area contributed by atoms with Gasteiger partial charge in [0.2, 0.25) is 0 Å². The van der Waals surface area contributed by atoms with Gasteiger partial charge in [0.25, 0.3) is 0 Å². The molecule has 28 heavy (non-hydrogen) atoms. The third-order valence-electron chi connectivity index (χ3n) is 4.50. The molecule has 0 radical (unpaired) electrons. The van der Waals surface area contributed by atoms with Crippen molar-refractivity contribution >= 4 is 22.8 Å². The molecule has 0 saturated carbocycles. The second-order valence-corrected chi connectivity index (χ2v) is 7.97. The number of fused-ring (bicyclic) bond motifs is 1. The van der Waals surface area contributed by atoms with Crippen molar-refractivity contribution in [1.82, 2.24) is 20.2 Å². The van der Waals surface area contributed by atoms with Gasteiger partial charge in [-0.1, -0.05) is 0 Å². The fourth-order valence-corrected chi connectivity index (χ4v) is 3.25. The summed E-state index contributed by atoms with van der Waals surface area (Å²) in [7, 11) is 1.99. The molecule has 1 aromatic carbocycles. The van der Waals surface area contributed by atoms with Crippen LogP contribution in [-0.2, 0) is 4.74 Å². The number of carbonyl (C=O) groups is 1. The highest BCUT2D eigenvalue weighted by Crippen LogP contribution is 2.27. The van der Waals surface area contributed by atoms with E-state index in [-0.39, 0.29) is 6.04 Å². The second-order valence-electron chi connectivity index (χ2n) is 7.97. The van der Waals surface area contributed by atoms with E-state index < -0.39 is 23.3 Å². The van der Waals surface area contributed by atoms with Gasteiger partial charge in [-0.25, -0.2) is 23.5 Å². The van der Waals surface area contributed by atoms with Gasteiger partial charge < -0.3 is 19.9 Å². The molecule has 152 valence electrons. The number of anilines is 1. The highest BCUT2D eigenvalue weighted by Gasteiger charge is 2.29. The molecule has 1 fully saturated rings. The largest absolute Gasteiger partial charge is 0.444 e. The maximum Gasteiger partial charge on any atom is 0.407 e. The lowest BCUT2D eigenvalue weighted by atomic mass is 10.1. The molecule has 1 saturated heterocycles. The van der Waals surface area contributed by atoms with Gasteiger partial charge in [-0.15, -0.1) is 0 Å². The first-order valence-corrected chi connectivity index (χ1v) is 9.16. The van der Waals surface area contributed by atoms with Gasteiger partial charge in [0, 0.05) is 37.6 Å². The highest BCUT2D eigenvalue weighted by molar-refractivity contribution is 5.89. The molecule has 9 heteroatoms. The first kappa shape index (κ1) is 20.2. The number of carbonyl (C=O) groups excluding carboxylic acids is 1. The molecule has 1 atom stereocenters. The summed E-state index contributed by atoms with van der Waals surface area (Å²) in [5.74, 6) is -1.37. The lowest BCUT2D eigenvalue weighted by Crippen LogP contribution is -2.56. The molecule has 7 nitrogen and oxygen atoms in total. The Hall–Kier alpha value is -2.55. The van der Waals surface area contributed by atoms with E-state index in [1.807, 2.05) is 11.9 Å². The van der Waals surface area contributed by atoms with E-state index >= 15 is 0 Å². The van der Waals surface area contributed by atoms with E-state index in [0.29, 0.717) is 36.4 Å². The zero-order valence-electron chi connectivity index (χ0n) is 16.5. The van der Waals surface area contributed by atoms with Crippen LogP contribution in [0, 0.1) is 11.6 Å². The van der Waals surface area contributed by atoms with Gasteiger partial charge in [-0.05, 0) is 33.9 Å². The van der Waals surface area contributed by atoms with Crippen molar-refractivity contribution in [2.75, 3.05) is 38.1 Å². The number of ether oxygens (including phenoxy) is 1. The zero-order chi connectivity index (χ0) is 20.5. The summed E-state index contributed by atoms with van der Waals surface area (Å²) in [6.45, 7) is 7.80.